The molecule has 2 atom stereocenters. The summed E-state index contributed by atoms with van der Waals surface area (Å²) in [6.45, 7) is 6.59. The van der Waals surface area contributed by atoms with Gasteiger partial charge in [-0.1, -0.05) is 13.8 Å². The average molecular weight is 130 g/mol. The standard InChI is InChI=1S/C7H16NO/c1-6(2)3-7(4-8)5-9/h6-7,9H,1,3-5,8H2,2H3. The monoisotopic (exact) mass is 130 g/mol. The summed E-state index contributed by atoms with van der Waals surface area (Å²) in [5.41, 5.74) is 5.34. The predicted octanol–water partition coefficient (Wildman–Crippen LogP) is 0.414. The third kappa shape index (κ3) is 4.43. The Morgan fingerprint density at radius 1 is 1.67 bits per heavy atom. The first kappa shape index (κ1) is 8.92. The Hall–Kier alpha value is -0.0800. The maximum absolute atomic E-state index is 8.67. The lowest BCUT2D eigenvalue weighted by Crippen LogP contribution is -2.19. The van der Waals surface area contributed by atoms with E-state index < -0.39 is 0 Å². The van der Waals surface area contributed by atoms with Gasteiger partial charge in [-0.15, -0.1) is 0 Å². The van der Waals surface area contributed by atoms with Gasteiger partial charge in [-0.2, -0.15) is 0 Å². The fourth-order valence-electron chi connectivity index (χ4n) is 0.814. The Bertz CT molecular complexity index is 59.9. The normalized spacial score (nSPS) is 14.3. The lowest BCUT2D eigenvalue weighted by Gasteiger charge is -2.12. The van der Waals surface area contributed by atoms with Crippen molar-refractivity contribution in [3.63, 3.8) is 0 Å². The summed E-state index contributed by atoms with van der Waals surface area (Å²) in [5, 5.41) is 8.67. The second kappa shape index (κ2) is 4.77. The molecule has 55 valence electrons. The highest BCUT2D eigenvalue weighted by Crippen LogP contribution is 2.08. The molecule has 0 rings (SSSR count). The van der Waals surface area contributed by atoms with Crippen LogP contribution in [0.2, 0.25) is 0 Å². The van der Waals surface area contributed by atoms with Crippen LogP contribution >= 0.6 is 0 Å². The fraction of sp³-hybridized carbons (Fsp3) is 0.857. The van der Waals surface area contributed by atoms with Gasteiger partial charge in [-0.3, -0.25) is 0 Å². The van der Waals surface area contributed by atoms with E-state index in [4.69, 9.17) is 10.8 Å². The number of aliphatic hydroxyl groups is 1. The Kier molecular flexibility index (Phi) is 4.72. The highest BCUT2D eigenvalue weighted by atomic mass is 16.3. The van der Waals surface area contributed by atoms with Crippen LogP contribution in [0.1, 0.15) is 13.3 Å². The molecule has 0 aliphatic rings. The van der Waals surface area contributed by atoms with Crippen molar-refractivity contribution in [3.8, 4) is 0 Å². The summed E-state index contributed by atoms with van der Waals surface area (Å²) in [7, 11) is 0. The van der Waals surface area contributed by atoms with Crippen LogP contribution < -0.4 is 5.73 Å². The minimum atomic E-state index is 0.191. The highest BCUT2D eigenvalue weighted by Gasteiger charge is 2.06. The number of rotatable bonds is 4. The molecular weight excluding hydrogens is 114 g/mol. The molecule has 0 aromatic heterocycles. The van der Waals surface area contributed by atoms with Crippen LogP contribution in [0.4, 0.5) is 0 Å². The van der Waals surface area contributed by atoms with E-state index >= 15 is 0 Å². The van der Waals surface area contributed by atoms with Gasteiger partial charge in [0.05, 0.1) is 0 Å². The first-order valence-corrected chi connectivity index (χ1v) is 3.34. The van der Waals surface area contributed by atoms with E-state index in [1.165, 1.54) is 0 Å². The molecule has 0 fully saturated rings. The predicted molar refractivity (Wildman–Crippen MR) is 38.8 cm³/mol. The lowest BCUT2D eigenvalue weighted by atomic mass is 9.98. The summed E-state index contributed by atoms with van der Waals surface area (Å²) in [6, 6.07) is 0. The van der Waals surface area contributed by atoms with Gasteiger partial charge in [0, 0.05) is 6.61 Å². The second-order valence-corrected chi connectivity index (χ2v) is 2.63. The molecule has 0 saturated heterocycles. The average Bonchev–Trinajstić information content (AvgIpc) is 1.82. The molecular formula is C7H16NO. The molecule has 0 aromatic rings. The number of hydrogen-bond acceptors (Lipinski definition) is 2. The van der Waals surface area contributed by atoms with E-state index in [1.807, 2.05) is 6.92 Å². The Labute approximate surface area is 57.1 Å². The quantitative estimate of drug-likeness (QED) is 0.579. The second-order valence-electron chi connectivity index (χ2n) is 2.63. The molecule has 2 heteroatoms. The van der Waals surface area contributed by atoms with Crippen molar-refractivity contribution in [1.29, 1.82) is 0 Å². The minimum absolute atomic E-state index is 0.191. The number of nitrogens with two attached hydrogens (primary N) is 1. The first-order chi connectivity index (χ1) is 4.20. The molecule has 2 unspecified atom stereocenters. The van der Waals surface area contributed by atoms with Crippen molar-refractivity contribution in [2.45, 2.75) is 13.3 Å². The van der Waals surface area contributed by atoms with E-state index in [1.54, 1.807) is 0 Å². The van der Waals surface area contributed by atoms with Crippen LogP contribution in [0.25, 0.3) is 0 Å². The molecule has 0 spiro atoms. The Morgan fingerprint density at radius 3 is 2.33 bits per heavy atom. The van der Waals surface area contributed by atoms with Gasteiger partial charge < -0.3 is 10.8 Å². The van der Waals surface area contributed by atoms with Crippen molar-refractivity contribution in [3.05, 3.63) is 6.92 Å². The molecule has 0 saturated carbocycles. The molecule has 3 N–H and O–H groups in total. The topological polar surface area (TPSA) is 46.2 Å². The zero-order valence-corrected chi connectivity index (χ0v) is 6.01. The fourth-order valence-corrected chi connectivity index (χ4v) is 0.814. The van der Waals surface area contributed by atoms with Gasteiger partial charge in [0.25, 0.3) is 0 Å². The van der Waals surface area contributed by atoms with Crippen molar-refractivity contribution in [2.24, 2.45) is 17.6 Å². The molecule has 1 radical (unpaired) electrons. The van der Waals surface area contributed by atoms with E-state index in [0.29, 0.717) is 12.5 Å². The van der Waals surface area contributed by atoms with Gasteiger partial charge in [0.1, 0.15) is 0 Å². The molecule has 0 aromatic carbocycles. The first-order valence-electron chi connectivity index (χ1n) is 3.34. The van der Waals surface area contributed by atoms with Gasteiger partial charge in [0.2, 0.25) is 0 Å². The van der Waals surface area contributed by atoms with E-state index in [9.17, 15) is 0 Å². The Morgan fingerprint density at radius 2 is 2.22 bits per heavy atom. The third-order valence-electron chi connectivity index (χ3n) is 1.33. The highest BCUT2D eigenvalue weighted by molar-refractivity contribution is 4.63. The van der Waals surface area contributed by atoms with E-state index in [-0.39, 0.29) is 12.5 Å². The SMILES string of the molecule is [CH2]C(C)CC(CN)CO. The number of hydrogen-bond donors (Lipinski definition) is 2. The molecule has 0 heterocycles. The van der Waals surface area contributed by atoms with Crippen LogP contribution in [0.3, 0.4) is 0 Å². The smallest absolute Gasteiger partial charge is 0.0471 e. The Balaban J connectivity index is 3.31. The largest absolute Gasteiger partial charge is 0.396 e. The third-order valence-corrected chi connectivity index (χ3v) is 1.33. The van der Waals surface area contributed by atoms with Gasteiger partial charge in [0.15, 0.2) is 0 Å². The van der Waals surface area contributed by atoms with Crippen LogP contribution in [0.15, 0.2) is 0 Å². The summed E-state index contributed by atoms with van der Waals surface area (Å²) in [5.74, 6) is 0.642. The van der Waals surface area contributed by atoms with Crippen molar-refractivity contribution in [2.75, 3.05) is 13.2 Å². The van der Waals surface area contributed by atoms with Gasteiger partial charge >= 0.3 is 0 Å². The maximum atomic E-state index is 8.67. The summed E-state index contributed by atoms with van der Waals surface area (Å²) in [4.78, 5) is 0. The van der Waals surface area contributed by atoms with Crippen LogP contribution in [0.5, 0.6) is 0 Å². The van der Waals surface area contributed by atoms with Crippen LogP contribution in [0, 0.1) is 18.8 Å². The lowest BCUT2D eigenvalue weighted by molar-refractivity contribution is 0.214. The summed E-state index contributed by atoms with van der Waals surface area (Å²) in [6.07, 6.45) is 0.924. The molecule has 2 nitrogen and oxygen atoms in total. The zero-order valence-electron chi connectivity index (χ0n) is 6.01. The minimum Gasteiger partial charge on any atom is -0.396 e. The van der Waals surface area contributed by atoms with E-state index in [0.717, 1.165) is 6.42 Å². The van der Waals surface area contributed by atoms with Gasteiger partial charge in [-0.25, -0.2) is 0 Å². The summed E-state index contributed by atoms with van der Waals surface area (Å²) >= 11 is 0. The van der Waals surface area contributed by atoms with Crippen molar-refractivity contribution in [1.82, 2.24) is 0 Å². The molecule has 0 amide bonds. The molecule has 9 heavy (non-hydrogen) atoms. The van der Waals surface area contributed by atoms with Gasteiger partial charge in [-0.05, 0) is 24.8 Å². The van der Waals surface area contributed by atoms with Crippen LogP contribution in [-0.2, 0) is 0 Å². The van der Waals surface area contributed by atoms with E-state index in [2.05, 4.69) is 6.92 Å². The number of aliphatic hydroxyl groups excluding tert-OH is 1. The van der Waals surface area contributed by atoms with Crippen molar-refractivity contribution < 1.29 is 5.11 Å². The summed E-state index contributed by atoms with van der Waals surface area (Å²) < 4.78 is 0. The zero-order chi connectivity index (χ0) is 7.28. The molecule has 0 aliphatic heterocycles. The van der Waals surface area contributed by atoms with Crippen molar-refractivity contribution >= 4 is 0 Å². The molecule has 0 bridgehead atoms. The maximum Gasteiger partial charge on any atom is 0.0471 e. The van der Waals surface area contributed by atoms with Crippen LogP contribution in [-0.4, -0.2) is 18.3 Å². The molecule has 0 aliphatic carbocycles.